The number of rotatable bonds is 7. The molecule has 2 nitrogen and oxygen atoms in total. The number of ether oxygens (including phenoxy) is 1. The zero-order valence-corrected chi connectivity index (χ0v) is 12.5. The van der Waals surface area contributed by atoms with Crippen LogP contribution in [0.1, 0.15) is 44.7 Å². The van der Waals surface area contributed by atoms with Crippen molar-refractivity contribution in [2.75, 3.05) is 13.7 Å². The van der Waals surface area contributed by atoms with Gasteiger partial charge in [0.1, 0.15) is 5.75 Å². The van der Waals surface area contributed by atoms with E-state index in [1.807, 2.05) is 7.05 Å². The van der Waals surface area contributed by atoms with Crippen LogP contribution in [-0.2, 0) is 0 Å². The third kappa shape index (κ3) is 4.68. The Hall–Kier alpha value is -0.540. The SMILES string of the molecule is CCCCCOc1cc(Br)ccc1C(C)NC. The lowest BCUT2D eigenvalue weighted by Crippen LogP contribution is -2.14. The van der Waals surface area contributed by atoms with Gasteiger partial charge in [-0.05, 0) is 32.5 Å². The van der Waals surface area contributed by atoms with E-state index in [-0.39, 0.29) is 0 Å². The molecule has 0 aliphatic rings. The summed E-state index contributed by atoms with van der Waals surface area (Å²) in [6, 6.07) is 6.53. The van der Waals surface area contributed by atoms with Crippen molar-refractivity contribution in [3.63, 3.8) is 0 Å². The third-order valence-corrected chi connectivity index (χ3v) is 3.37. The zero-order valence-electron chi connectivity index (χ0n) is 10.9. The summed E-state index contributed by atoms with van der Waals surface area (Å²) in [5.74, 6) is 0.984. The Labute approximate surface area is 113 Å². The van der Waals surface area contributed by atoms with Crippen LogP contribution in [0, 0.1) is 0 Å². The molecule has 0 saturated carbocycles. The van der Waals surface area contributed by atoms with Gasteiger partial charge in [0.2, 0.25) is 0 Å². The Bertz CT molecular complexity index is 341. The van der Waals surface area contributed by atoms with Gasteiger partial charge in [-0.15, -0.1) is 0 Å². The van der Waals surface area contributed by atoms with E-state index in [2.05, 4.69) is 53.3 Å². The summed E-state index contributed by atoms with van der Waals surface area (Å²) in [5, 5.41) is 3.25. The molecule has 0 spiro atoms. The third-order valence-electron chi connectivity index (χ3n) is 2.88. The zero-order chi connectivity index (χ0) is 12.7. The molecule has 1 N–H and O–H groups in total. The van der Waals surface area contributed by atoms with Crippen LogP contribution in [0.3, 0.4) is 0 Å². The van der Waals surface area contributed by atoms with E-state index in [0.717, 1.165) is 23.2 Å². The van der Waals surface area contributed by atoms with E-state index in [1.54, 1.807) is 0 Å². The predicted octanol–water partition coefficient (Wildman–Crippen LogP) is 4.30. The minimum atomic E-state index is 0.310. The molecule has 1 aromatic rings. The Kier molecular flexibility index (Phi) is 6.60. The summed E-state index contributed by atoms with van der Waals surface area (Å²) in [6.07, 6.45) is 3.57. The molecule has 0 aromatic heterocycles. The van der Waals surface area contributed by atoms with E-state index in [1.165, 1.54) is 18.4 Å². The van der Waals surface area contributed by atoms with Crippen molar-refractivity contribution < 1.29 is 4.74 Å². The van der Waals surface area contributed by atoms with Crippen LogP contribution in [0.2, 0.25) is 0 Å². The van der Waals surface area contributed by atoms with Gasteiger partial charge in [0.15, 0.2) is 0 Å². The highest BCUT2D eigenvalue weighted by Gasteiger charge is 2.10. The van der Waals surface area contributed by atoms with Crippen LogP contribution < -0.4 is 10.1 Å². The molecule has 0 radical (unpaired) electrons. The first-order chi connectivity index (χ1) is 8.19. The van der Waals surface area contributed by atoms with Gasteiger partial charge in [0, 0.05) is 16.1 Å². The second-order valence-corrected chi connectivity index (χ2v) is 5.16. The largest absolute Gasteiger partial charge is 0.493 e. The second-order valence-electron chi connectivity index (χ2n) is 4.25. The lowest BCUT2D eigenvalue weighted by atomic mass is 10.1. The summed E-state index contributed by atoms with van der Waals surface area (Å²) >= 11 is 3.49. The fourth-order valence-electron chi connectivity index (χ4n) is 1.68. The minimum Gasteiger partial charge on any atom is -0.493 e. The summed E-state index contributed by atoms with van der Waals surface area (Å²) in [5.41, 5.74) is 1.21. The number of unbranched alkanes of at least 4 members (excludes halogenated alkanes) is 2. The first-order valence-corrected chi connectivity index (χ1v) is 7.07. The fraction of sp³-hybridized carbons (Fsp3) is 0.571. The predicted molar refractivity (Wildman–Crippen MR) is 76.6 cm³/mol. The van der Waals surface area contributed by atoms with Gasteiger partial charge in [-0.2, -0.15) is 0 Å². The first-order valence-electron chi connectivity index (χ1n) is 6.28. The van der Waals surface area contributed by atoms with Gasteiger partial charge >= 0.3 is 0 Å². The normalized spacial score (nSPS) is 12.5. The van der Waals surface area contributed by atoms with E-state index < -0.39 is 0 Å². The highest BCUT2D eigenvalue weighted by atomic mass is 79.9. The first kappa shape index (κ1) is 14.5. The molecule has 0 heterocycles. The molecule has 1 atom stereocenters. The van der Waals surface area contributed by atoms with Crippen molar-refractivity contribution in [3.8, 4) is 5.75 Å². The molecule has 17 heavy (non-hydrogen) atoms. The minimum absolute atomic E-state index is 0.310. The van der Waals surface area contributed by atoms with Crippen LogP contribution in [-0.4, -0.2) is 13.7 Å². The number of benzene rings is 1. The highest BCUT2D eigenvalue weighted by molar-refractivity contribution is 9.10. The average Bonchev–Trinajstić information content (AvgIpc) is 2.34. The van der Waals surface area contributed by atoms with Crippen molar-refractivity contribution in [3.05, 3.63) is 28.2 Å². The lowest BCUT2D eigenvalue weighted by molar-refractivity contribution is 0.300. The molecule has 1 rings (SSSR count). The van der Waals surface area contributed by atoms with E-state index in [0.29, 0.717) is 6.04 Å². The molecule has 0 aliphatic carbocycles. The van der Waals surface area contributed by atoms with Gasteiger partial charge in [0.25, 0.3) is 0 Å². The van der Waals surface area contributed by atoms with Crippen molar-refractivity contribution in [2.45, 2.75) is 39.2 Å². The van der Waals surface area contributed by atoms with Crippen molar-refractivity contribution in [1.29, 1.82) is 0 Å². The van der Waals surface area contributed by atoms with E-state index >= 15 is 0 Å². The smallest absolute Gasteiger partial charge is 0.125 e. The molecule has 1 unspecified atom stereocenters. The molecule has 0 bridgehead atoms. The Morgan fingerprint density at radius 2 is 2.12 bits per heavy atom. The monoisotopic (exact) mass is 299 g/mol. The van der Waals surface area contributed by atoms with Gasteiger partial charge in [-0.1, -0.05) is 41.8 Å². The van der Waals surface area contributed by atoms with Crippen LogP contribution in [0.5, 0.6) is 5.75 Å². The van der Waals surface area contributed by atoms with E-state index in [9.17, 15) is 0 Å². The summed E-state index contributed by atoms with van der Waals surface area (Å²) in [4.78, 5) is 0. The van der Waals surface area contributed by atoms with Crippen LogP contribution >= 0.6 is 15.9 Å². The molecule has 0 aliphatic heterocycles. The quantitative estimate of drug-likeness (QED) is 0.758. The molecule has 1 aromatic carbocycles. The van der Waals surface area contributed by atoms with Crippen LogP contribution in [0.25, 0.3) is 0 Å². The summed E-state index contributed by atoms with van der Waals surface area (Å²) in [6.45, 7) is 5.14. The lowest BCUT2D eigenvalue weighted by Gasteiger charge is -2.17. The summed E-state index contributed by atoms with van der Waals surface area (Å²) in [7, 11) is 1.97. The van der Waals surface area contributed by atoms with Crippen molar-refractivity contribution >= 4 is 15.9 Å². The Morgan fingerprint density at radius 3 is 2.76 bits per heavy atom. The van der Waals surface area contributed by atoms with Gasteiger partial charge in [-0.25, -0.2) is 0 Å². The Morgan fingerprint density at radius 1 is 1.35 bits per heavy atom. The molecule has 0 amide bonds. The molecule has 96 valence electrons. The number of hydrogen-bond acceptors (Lipinski definition) is 2. The maximum absolute atomic E-state index is 5.87. The van der Waals surface area contributed by atoms with Crippen molar-refractivity contribution in [1.82, 2.24) is 5.32 Å². The van der Waals surface area contributed by atoms with Crippen LogP contribution in [0.4, 0.5) is 0 Å². The van der Waals surface area contributed by atoms with Crippen molar-refractivity contribution in [2.24, 2.45) is 0 Å². The average molecular weight is 300 g/mol. The number of nitrogens with one attached hydrogen (secondary N) is 1. The Balaban J connectivity index is 2.69. The maximum atomic E-state index is 5.87. The molecule has 0 fully saturated rings. The van der Waals surface area contributed by atoms with Gasteiger partial charge in [-0.3, -0.25) is 0 Å². The molecular weight excluding hydrogens is 278 g/mol. The maximum Gasteiger partial charge on any atom is 0.125 e. The van der Waals surface area contributed by atoms with E-state index in [4.69, 9.17) is 4.74 Å². The highest BCUT2D eigenvalue weighted by Crippen LogP contribution is 2.28. The number of hydrogen-bond donors (Lipinski definition) is 1. The molecule has 3 heteroatoms. The number of halogens is 1. The van der Waals surface area contributed by atoms with Crippen LogP contribution in [0.15, 0.2) is 22.7 Å². The molecule has 0 saturated heterocycles. The summed E-state index contributed by atoms with van der Waals surface area (Å²) < 4.78 is 6.94. The second kappa shape index (κ2) is 7.72. The van der Waals surface area contributed by atoms with Gasteiger partial charge in [0.05, 0.1) is 6.61 Å². The topological polar surface area (TPSA) is 21.3 Å². The molecular formula is C14H22BrNO. The van der Waals surface area contributed by atoms with Gasteiger partial charge < -0.3 is 10.1 Å². The standard InChI is InChI=1S/C14H22BrNO/c1-4-5-6-9-17-14-10-12(15)7-8-13(14)11(2)16-3/h7-8,10-11,16H,4-6,9H2,1-3H3. The fourth-order valence-corrected chi connectivity index (χ4v) is 2.02.